The number of ether oxygens (including phenoxy) is 15. The Kier molecular flexibility index (Phi) is 18.2. The van der Waals surface area contributed by atoms with Crippen molar-refractivity contribution in [2.75, 3.05) is 35.5 Å². The lowest BCUT2D eigenvalue weighted by molar-refractivity contribution is -0.352. The molecule has 77 heavy (non-hydrogen) atoms. The van der Waals surface area contributed by atoms with Crippen molar-refractivity contribution in [1.29, 1.82) is 0 Å². The second-order valence-corrected chi connectivity index (χ2v) is 24.4. The minimum absolute atomic E-state index is 0.00434. The summed E-state index contributed by atoms with van der Waals surface area (Å²) in [5.74, 6) is -1.02. The van der Waals surface area contributed by atoms with Gasteiger partial charge in [-0.15, -0.1) is 0 Å². The zero-order valence-electron chi connectivity index (χ0n) is 47.6. The molecule has 9 aliphatic rings. The molecule has 0 aromatic rings. The monoisotopic (exact) mass is 1100 g/mol. The summed E-state index contributed by atoms with van der Waals surface area (Å²) < 4.78 is 94.5. The number of Topliss-reactive ketones (excluding diaryl/α,β-unsaturated/α-hetero) is 1. The largest absolute Gasteiger partial charge is 0.392 e. The summed E-state index contributed by atoms with van der Waals surface area (Å²) in [5.41, 5.74) is -6.56. The van der Waals surface area contributed by atoms with Gasteiger partial charge in [0, 0.05) is 73.6 Å². The maximum Gasteiger partial charge on any atom is 0.162 e. The smallest absolute Gasteiger partial charge is 0.162 e. The molecule has 5 saturated heterocycles. The molecule has 5 aliphatic heterocycles. The van der Waals surface area contributed by atoms with Crippen LogP contribution in [0.25, 0.3) is 0 Å². The summed E-state index contributed by atoms with van der Waals surface area (Å²) in [6.45, 7) is 14.4. The first-order valence-corrected chi connectivity index (χ1v) is 28.3. The van der Waals surface area contributed by atoms with Gasteiger partial charge in [-0.3, -0.25) is 4.79 Å². The van der Waals surface area contributed by atoms with Gasteiger partial charge in [0.05, 0.1) is 78.7 Å². The van der Waals surface area contributed by atoms with Crippen LogP contribution in [0.2, 0.25) is 0 Å². The first kappa shape index (κ1) is 60.2. The maximum absolute atomic E-state index is 12.8. The molecular formula is C56H92O21. The normalized spacial score (nSPS) is 53.2. The fourth-order valence-corrected chi connectivity index (χ4v) is 15.6. The number of carbonyl (C=O) groups excluding carboxylic acids is 1. The predicted molar refractivity (Wildman–Crippen MR) is 271 cm³/mol. The van der Waals surface area contributed by atoms with Crippen LogP contribution >= 0.6 is 0 Å². The molecule has 0 spiro atoms. The Morgan fingerprint density at radius 1 is 0.545 bits per heavy atom. The van der Waals surface area contributed by atoms with Crippen LogP contribution in [0, 0.1) is 16.7 Å². The molecule has 0 amide bonds. The lowest BCUT2D eigenvalue weighted by Crippen LogP contribution is -2.78. The number of hydrogen-bond acceptors (Lipinski definition) is 21. The highest BCUT2D eigenvalue weighted by Gasteiger charge is 2.80. The number of fused-ring (bicyclic) bond motifs is 5. The molecule has 21 heteroatoms. The van der Waals surface area contributed by atoms with E-state index in [4.69, 9.17) is 71.1 Å². The number of aliphatic hydroxyl groups excluding tert-OH is 2. The molecule has 3 saturated carbocycles. The Morgan fingerprint density at radius 2 is 0.935 bits per heavy atom. The molecule has 0 bridgehead atoms. The van der Waals surface area contributed by atoms with Crippen LogP contribution in [-0.2, 0) is 75.8 Å². The molecule has 0 radical (unpaired) electrons. The molecule has 442 valence electrons. The van der Waals surface area contributed by atoms with Gasteiger partial charge in [0.2, 0.25) is 0 Å². The Morgan fingerprint density at radius 3 is 1.34 bits per heavy atom. The van der Waals surface area contributed by atoms with Crippen molar-refractivity contribution in [2.24, 2.45) is 16.7 Å². The number of carbonyl (C=O) groups is 1. The molecule has 5 N–H and O–H groups in total. The zero-order chi connectivity index (χ0) is 55.7. The fraction of sp³-hybridized carbons (Fsp3) is 0.946. The summed E-state index contributed by atoms with van der Waals surface area (Å²) in [4.78, 5) is 12.8. The van der Waals surface area contributed by atoms with Crippen LogP contribution in [0.5, 0.6) is 0 Å². The average molecular weight is 1100 g/mol. The molecule has 0 aromatic carbocycles. The molecule has 9 rings (SSSR count). The van der Waals surface area contributed by atoms with Gasteiger partial charge < -0.3 is 96.6 Å². The highest BCUT2D eigenvalue weighted by molar-refractivity contribution is 5.87. The average Bonchev–Trinajstić information content (AvgIpc) is 3.95. The van der Waals surface area contributed by atoms with E-state index in [1.165, 1.54) is 6.92 Å². The van der Waals surface area contributed by atoms with Crippen molar-refractivity contribution in [1.82, 2.24) is 0 Å². The van der Waals surface area contributed by atoms with Crippen molar-refractivity contribution >= 4 is 5.78 Å². The molecule has 5 heterocycles. The lowest BCUT2D eigenvalue weighted by atomic mass is 9.42. The van der Waals surface area contributed by atoms with Gasteiger partial charge in [-0.05, 0) is 91.9 Å². The van der Waals surface area contributed by atoms with E-state index in [2.05, 4.69) is 6.92 Å². The number of rotatable bonds is 16. The summed E-state index contributed by atoms with van der Waals surface area (Å²) in [7, 11) is 8.14. The first-order chi connectivity index (χ1) is 36.4. The Balaban J connectivity index is 0.757. The molecule has 21 nitrogen and oxygen atoms in total. The first-order valence-electron chi connectivity index (χ1n) is 28.3. The highest BCUT2D eigenvalue weighted by Crippen LogP contribution is 2.70. The topological polar surface area (TPSA) is 257 Å². The standard InChI is InChI=1S/C56H92O21/c1-27-47(59)35(63-9)21-43(68-27)74-49-29(3)70-45(23-37(49)65-11)76-51-31(5)72-46(25-39(51)67-13)77-50-30(4)71-44(24-38(50)66-12)75-48-28(2)69-42(22-36(48)64-10)73-34-15-16-52(7)33(20-34)14-17-55(61)40(52)26-41(58)53(8)54(60,32(6)57)18-19-56(53,55)62/h14,27-31,34-51,58-62H,15-26H2,1-13H3/t27-,28+,29+,30+,31-,34-,35+,36-,37-,38-,39+,40+,41+,42-,43-,44-,45-,46-,47-,48+,49+,50+,51-,52-,53+,54+,55-,56+/m0/s1. The third kappa shape index (κ3) is 10.6. The maximum atomic E-state index is 12.8. The molecule has 28 atom stereocenters. The third-order valence-corrected chi connectivity index (χ3v) is 20.4. The SMILES string of the molecule is CO[C@H]1C[C@H](O[C@H]2CC[C@@]3(C)C(=CC[C@]4(O)[C@@H]3C[C@@H](O)[C@@]3(C)[C@]4(O)CC[C@@]3(O)C(C)=O)C2)O[C@H](C)[C@H]1O[C@H]1C[C@H](OC)[C@H](O[C@H]2C[C@@H](OC)[C@@H](O[C@H]3C[C@H](OC)[C@H](O[C@H]4C[C@@H](OC)[C@@H](O)[C@H](C)O4)[C@@H](C)O3)[C@H](C)O2)[C@@H](C)O1. The van der Waals surface area contributed by atoms with Crippen LogP contribution in [0.15, 0.2) is 11.6 Å². The van der Waals surface area contributed by atoms with Gasteiger partial charge in [-0.25, -0.2) is 0 Å². The van der Waals surface area contributed by atoms with Crippen molar-refractivity contribution in [3.05, 3.63) is 11.6 Å². The number of methoxy groups -OCH3 is 5. The Labute approximate surface area is 454 Å². The van der Waals surface area contributed by atoms with E-state index in [0.717, 1.165) is 5.57 Å². The second kappa shape index (κ2) is 23.3. The van der Waals surface area contributed by atoms with E-state index >= 15 is 0 Å². The van der Waals surface area contributed by atoms with E-state index in [9.17, 15) is 30.3 Å². The third-order valence-electron chi connectivity index (χ3n) is 20.4. The molecule has 0 aromatic heterocycles. The zero-order valence-corrected chi connectivity index (χ0v) is 47.6. The molecule has 4 aliphatic carbocycles. The van der Waals surface area contributed by atoms with E-state index in [1.54, 1.807) is 49.4 Å². The van der Waals surface area contributed by atoms with Gasteiger partial charge in [0.25, 0.3) is 0 Å². The van der Waals surface area contributed by atoms with Gasteiger partial charge in [0.15, 0.2) is 37.2 Å². The van der Waals surface area contributed by atoms with Crippen LogP contribution in [0.4, 0.5) is 0 Å². The van der Waals surface area contributed by atoms with Gasteiger partial charge >= 0.3 is 0 Å². The van der Waals surface area contributed by atoms with E-state index < -0.39 is 156 Å². The fourth-order valence-electron chi connectivity index (χ4n) is 15.6. The van der Waals surface area contributed by atoms with E-state index in [-0.39, 0.29) is 44.0 Å². The van der Waals surface area contributed by atoms with Gasteiger partial charge in [-0.1, -0.05) is 25.5 Å². The minimum atomic E-state index is -1.95. The number of ketones is 1. The summed E-state index contributed by atoms with van der Waals surface area (Å²) >= 11 is 0. The van der Waals surface area contributed by atoms with Crippen molar-refractivity contribution in [2.45, 2.75) is 284 Å². The molecule has 0 unspecified atom stereocenters. The molecular weight excluding hydrogens is 1010 g/mol. The Hall–Kier alpha value is -1.39. The second-order valence-electron chi connectivity index (χ2n) is 24.4. The van der Waals surface area contributed by atoms with E-state index in [0.29, 0.717) is 51.4 Å². The van der Waals surface area contributed by atoms with Crippen molar-refractivity contribution in [3.63, 3.8) is 0 Å². The van der Waals surface area contributed by atoms with Crippen molar-refractivity contribution in [3.8, 4) is 0 Å². The van der Waals surface area contributed by atoms with Crippen LogP contribution in [0.1, 0.15) is 132 Å². The van der Waals surface area contributed by atoms with Crippen LogP contribution < -0.4 is 0 Å². The number of hydrogen-bond donors (Lipinski definition) is 5. The van der Waals surface area contributed by atoms with Gasteiger partial charge in [0.1, 0.15) is 47.3 Å². The van der Waals surface area contributed by atoms with Gasteiger partial charge in [-0.2, -0.15) is 0 Å². The Bertz CT molecular complexity index is 2050. The number of aliphatic hydroxyl groups is 5. The minimum Gasteiger partial charge on any atom is -0.392 e. The molecule has 8 fully saturated rings. The van der Waals surface area contributed by atoms with Crippen molar-refractivity contribution < 1.29 is 101 Å². The highest BCUT2D eigenvalue weighted by atomic mass is 16.8. The quantitative estimate of drug-likeness (QED) is 0.139. The summed E-state index contributed by atoms with van der Waals surface area (Å²) in [6.07, 6.45) is -5.39. The lowest BCUT2D eigenvalue weighted by Gasteiger charge is -2.66. The summed E-state index contributed by atoms with van der Waals surface area (Å²) in [6, 6.07) is 0. The van der Waals surface area contributed by atoms with Crippen LogP contribution in [-0.4, -0.2) is 219 Å². The summed E-state index contributed by atoms with van der Waals surface area (Å²) in [5, 5.41) is 58.9. The predicted octanol–water partition coefficient (Wildman–Crippen LogP) is 3.51. The van der Waals surface area contributed by atoms with Crippen LogP contribution in [0.3, 0.4) is 0 Å². The van der Waals surface area contributed by atoms with E-state index in [1.807, 2.05) is 33.8 Å².